The van der Waals surface area contributed by atoms with E-state index in [4.69, 9.17) is 0 Å². The fraction of sp³-hybridized carbons (Fsp3) is 0.385. The standard InChI is InChI=1S/C13H15N3/c1-10-4-5-13-15-12(9-16(13)8-10)11-3-2-6-14-7-11/h2-3,6-7,9-10H,4-5,8H2,1H3/t10-/m1/s1. The third-order valence-electron chi connectivity index (χ3n) is 3.19. The van der Waals surface area contributed by atoms with Crippen molar-refractivity contribution in [3.05, 3.63) is 36.5 Å². The monoisotopic (exact) mass is 213 g/mol. The maximum absolute atomic E-state index is 4.68. The fourth-order valence-electron chi connectivity index (χ4n) is 2.27. The average molecular weight is 213 g/mol. The molecule has 0 N–H and O–H groups in total. The molecule has 2 aromatic rings. The van der Waals surface area contributed by atoms with Gasteiger partial charge >= 0.3 is 0 Å². The van der Waals surface area contributed by atoms with E-state index < -0.39 is 0 Å². The minimum Gasteiger partial charge on any atom is -0.334 e. The molecule has 0 radical (unpaired) electrons. The van der Waals surface area contributed by atoms with Crippen LogP contribution < -0.4 is 0 Å². The van der Waals surface area contributed by atoms with Crippen LogP contribution in [0.1, 0.15) is 19.2 Å². The molecule has 1 aliphatic rings. The van der Waals surface area contributed by atoms with Gasteiger partial charge in [-0.2, -0.15) is 0 Å². The molecule has 0 aliphatic carbocycles. The number of rotatable bonds is 1. The topological polar surface area (TPSA) is 30.7 Å². The summed E-state index contributed by atoms with van der Waals surface area (Å²) >= 11 is 0. The molecule has 0 fully saturated rings. The van der Waals surface area contributed by atoms with Crippen LogP contribution in [0.4, 0.5) is 0 Å². The second-order valence-electron chi connectivity index (χ2n) is 4.58. The van der Waals surface area contributed by atoms with Gasteiger partial charge in [0.25, 0.3) is 0 Å². The average Bonchev–Trinajstić information content (AvgIpc) is 2.73. The lowest BCUT2D eigenvalue weighted by Gasteiger charge is -2.19. The number of aryl methyl sites for hydroxylation is 1. The van der Waals surface area contributed by atoms with Gasteiger partial charge in [-0.25, -0.2) is 4.98 Å². The Kier molecular flexibility index (Phi) is 2.24. The van der Waals surface area contributed by atoms with Crippen molar-refractivity contribution in [3.8, 4) is 11.3 Å². The first-order chi connectivity index (χ1) is 7.83. The Bertz CT molecular complexity index is 487. The van der Waals surface area contributed by atoms with Crippen LogP contribution in [-0.2, 0) is 13.0 Å². The van der Waals surface area contributed by atoms with Crippen molar-refractivity contribution in [2.75, 3.05) is 0 Å². The largest absolute Gasteiger partial charge is 0.334 e. The number of hydrogen-bond acceptors (Lipinski definition) is 2. The normalized spacial score (nSPS) is 19.4. The van der Waals surface area contributed by atoms with E-state index in [1.165, 1.54) is 12.2 Å². The first kappa shape index (κ1) is 9.58. The molecule has 1 aliphatic heterocycles. The fourth-order valence-corrected chi connectivity index (χ4v) is 2.27. The number of aromatic nitrogens is 3. The molecular weight excluding hydrogens is 198 g/mol. The number of imidazole rings is 1. The second kappa shape index (κ2) is 3.74. The first-order valence-corrected chi connectivity index (χ1v) is 5.79. The molecule has 3 heterocycles. The van der Waals surface area contributed by atoms with Crippen molar-refractivity contribution >= 4 is 0 Å². The molecule has 0 saturated carbocycles. The molecular formula is C13H15N3. The molecule has 3 nitrogen and oxygen atoms in total. The maximum Gasteiger partial charge on any atom is 0.109 e. The van der Waals surface area contributed by atoms with Crippen molar-refractivity contribution < 1.29 is 0 Å². The summed E-state index contributed by atoms with van der Waals surface area (Å²) in [4.78, 5) is 8.81. The molecule has 0 amide bonds. The molecule has 2 aromatic heterocycles. The summed E-state index contributed by atoms with van der Waals surface area (Å²) in [5, 5.41) is 0. The number of nitrogens with zero attached hydrogens (tertiary/aromatic N) is 3. The zero-order valence-electron chi connectivity index (χ0n) is 9.43. The van der Waals surface area contributed by atoms with Gasteiger partial charge in [-0.15, -0.1) is 0 Å². The Morgan fingerprint density at radius 3 is 3.19 bits per heavy atom. The van der Waals surface area contributed by atoms with Crippen LogP contribution >= 0.6 is 0 Å². The van der Waals surface area contributed by atoms with Crippen LogP contribution in [0.3, 0.4) is 0 Å². The lowest BCUT2D eigenvalue weighted by atomic mass is 10.0. The Morgan fingerprint density at radius 2 is 2.38 bits per heavy atom. The van der Waals surface area contributed by atoms with E-state index in [-0.39, 0.29) is 0 Å². The smallest absolute Gasteiger partial charge is 0.109 e. The van der Waals surface area contributed by atoms with Gasteiger partial charge in [-0.05, 0) is 24.5 Å². The summed E-state index contributed by atoms with van der Waals surface area (Å²) in [5.74, 6) is 1.99. The summed E-state index contributed by atoms with van der Waals surface area (Å²) in [6.07, 6.45) is 8.17. The molecule has 82 valence electrons. The Morgan fingerprint density at radius 1 is 1.44 bits per heavy atom. The molecule has 0 spiro atoms. The summed E-state index contributed by atoms with van der Waals surface area (Å²) in [6, 6.07) is 4.01. The molecule has 3 heteroatoms. The third kappa shape index (κ3) is 1.62. The van der Waals surface area contributed by atoms with Crippen molar-refractivity contribution in [1.29, 1.82) is 0 Å². The Hall–Kier alpha value is -1.64. The quantitative estimate of drug-likeness (QED) is 0.728. The summed E-state index contributed by atoms with van der Waals surface area (Å²) in [5.41, 5.74) is 2.16. The van der Waals surface area contributed by atoms with Gasteiger partial charge < -0.3 is 4.57 Å². The zero-order valence-corrected chi connectivity index (χ0v) is 9.43. The molecule has 0 unspecified atom stereocenters. The van der Waals surface area contributed by atoms with Crippen LogP contribution in [0, 0.1) is 5.92 Å². The Balaban J connectivity index is 1.99. The molecule has 0 aromatic carbocycles. The van der Waals surface area contributed by atoms with Crippen LogP contribution in [0.5, 0.6) is 0 Å². The predicted molar refractivity (Wildman–Crippen MR) is 62.9 cm³/mol. The molecule has 1 atom stereocenters. The highest BCUT2D eigenvalue weighted by Crippen LogP contribution is 2.23. The summed E-state index contributed by atoms with van der Waals surface area (Å²) in [6.45, 7) is 3.40. The second-order valence-corrected chi connectivity index (χ2v) is 4.58. The van der Waals surface area contributed by atoms with Crippen LogP contribution in [0.25, 0.3) is 11.3 Å². The van der Waals surface area contributed by atoms with E-state index >= 15 is 0 Å². The van der Waals surface area contributed by atoms with Crippen molar-refractivity contribution in [1.82, 2.24) is 14.5 Å². The third-order valence-corrected chi connectivity index (χ3v) is 3.19. The van der Waals surface area contributed by atoms with Gasteiger partial charge in [0.2, 0.25) is 0 Å². The number of fused-ring (bicyclic) bond motifs is 1. The lowest BCUT2D eigenvalue weighted by Crippen LogP contribution is -2.17. The van der Waals surface area contributed by atoms with Gasteiger partial charge in [-0.1, -0.05) is 6.92 Å². The van der Waals surface area contributed by atoms with Gasteiger partial charge in [0.15, 0.2) is 0 Å². The predicted octanol–water partition coefficient (Wildman–Crippen LogP) is 2.53. The minimum absolute atomic E-state index is 0.767. The minimum atomic E-state index is 0.767. The zero-order chi connectivity index (χ0) is 11.0. The van der Waals surface area contributed by atoms with Crippen molar-refractivity contribution in [3.63, 3.8) is 0 Å². The van der Waals surface area contributed by atoms with E-state index in [1.54, 1.807) is 6.20 Å². The highest BCUT2D eigenvalue weighted by atomic mass is 15.1. The SMILES string of the molecule is C[C@@H]1CCc2nc(-c3cccnc3)cn2C1. The van der Waals surface area contributed by atoms with Crippen LogP contribution in [0.2, 0.25) is 0 Å². The van der Waals surface area contributed by atoms with Crippen molar-refractivity contribution in [2.24, 2.45) is 5.92 Å². The van der Waals surface area contributed by atoms with E-state index in [1.807, 2.05) is 12.3 Å². The van der Waals surface area contributed by atoms with E-state index in [9.17, 15) is 0 Å². The van der Waals surface area contributed by atoms with E-state index in [0.717, 1.165) is 30.1 Å². The highest BCUT2D eigenvalue weighted by molar-refractivity contribution is 5.57. The lowest BCUT2D eigenvalue weighted by molar-refractivity contribution is 0.394. The first-order valence-electron chi connectivity index (χ1n) is 5.79. The van der Waals surface area contributed by atoms with Gasteiger partial charge in [0.05, 0.1) is 5.69 Å². The van der Waals surface area contributed by atoms with Crippen LogP contribution in [-0.4, -0.2) is 14.5 Å². The molecule has 16 heavy (non-hydrogen) atoms. The number of hydrogen-bond donors (Lipinski definition) is 0. The summed E-state index contributed by atoms with van der Waals surface area (Å²) < 4.78 is 2.29. The van der Waals surface area contributed by atoms with Gasteiger partial charge in [0.1, 0.15) is 5.82 Å². The molecule has 0 saturated heterocycles. The summed E-state index contributed by atoms with van der Waals surface area (Å²) in [7, 11) is 0. The van der Waals surface area contributed by atoms with Gasteiger partial charge in [0, 0.05) is 37.1 Å². The van der Waals surface area contributed by atoms with Crippen LogP contribution in [0.15, 0.2) is 30.7 Å². The molecule has 0 bridgehead atoms. The Labute approximate surface area is 95.2 Å². The van der Waals surface area contributed by atoms with Crippen molar-refractivity contribution in [2.45, 2.75) is 26.3 Å². The van der Waals surface area contributed by atoms with Gasteiger partial charge in [-0.3, -0.25) is 4.98 Å². The van der Waals surface area contributed by atoms with E-state index in [0.29, 0.717) is 0 Å². The molecule has 3 rings (SSSR count). The maximum atomic E-state index is 4.68. The van der Waals surface area contributed by atoms with E-state index in [2.05, 4.69) is 33.7 Å². The number of pyridine rings is 1. The highest BCUT2D eigenvalue weighted by Gasteiger charge is 2.17.